The lowest BCUT2D eigenvalue weighted by molar-refractivity contribution is -0.0838. The van der Waals surface area contributed by atoms with Gasteiger partial charge in [0.05, 0.1) is 26.4 Å². The fourth-order valence-electron chi connectivity index (χ4n) is 2.53. The molecule has 0 aromatic heterocycles. The number of epoxide rings is 1. The molecular weight excluding hydrogens is 399 g/mol. The molecule has 0 radical (unpaired) electrons. The van der Waals surface area contributed by atoms with Gasteiger partial charge in [0.15, 0.2) is 0 Å². The van der Waals surface area contributed by atoms with E-state index in [1.54, 1.807) is 24.3 Å². The Kier molecular flexibility index (Phi) is 7.94. The zero-order valence-electron chi connectivity index (χ0n) is 15.7. The summed E-state index contributed by atoms with van der Waals surface area (Å²) in [6.45, 7) is -0.287. The lowest BCUT2D eigenvalue weighted by atomic mass is 10.1. The van der Waals surface area contributed by atoms with Crippen molar-refractivity contribution in [2.45, 2.75) is 37.6 Å². The minimum atomic E-state index is -4.07. The maximum Gasteiger partial charge on any atom is 0.475 e. The monoisotopic (exact) mass is 424 g/mol. The smallest absolute Gasteiger partial charge is 0.388 e. The molecule has 3 rings (SSSR count). The predicted molar refractivity (Wildman–Crippen MR) is 104 cm³/mol. The Hall–Kier alpha value is -1.61. The highest BCUT2D eigenvalue weighted by Crippen LogP contribution is 2.51. The van der Waals surface area contributed by atoms with E-state index < -0.39 is 38.8 Å². The third-order valence-corrected chi connectivity index (χ3v) is 5.71. The molecule has 3 N–H and O–H groups in total. The van der Waals surface area contributed by atoms with Crippen molar-refractivity contribution in [3.05, 3.63) is 71.8 Å². The number of hydrogen-bond acceptors (Lipinski definition) is 8. The van der Waals surface area contributed by atoms with Gasteiger partial charge in [-0.15, -0.1) is 0 Å². The summed E-state index contributed by atoms with van der Waals surface area (Å²) < 4.78 is 34.0. The van der Waals surface area contributed by atoms with Gasteiger partial charge in [0.25, 0.3) is 0 Å². The zero-order chi connectivity index (χ0) is 20.7. The molecule has 1 aliphatic heterocycles. The van der Waals surface area contributed by atoms with Gasteiger partial charge in [0.2, 0.25) is 0 Å². The number of phosphoric ester groups is 1. The summed E-state index contributed by atoms with van der Waals surface area (Å²) in [5, 5.41) is 29.9. The lowest BCUT2D eigenvalue weighted by Gasteiger charge is -2.24. The van der Waals surface area contributed by atoms with Crippen LogP contribution in [0.4, 0.5) is 0 Å². The Morgan fingerprint density at radius 3 is 1.83 bits per heavy atom. The molecule has 1 unspecified atom stereocenters. The molecule has 1 fully saturated rings. The van der Waals surface area contributed by atoms with E-state index in [4.69, 9.17) is 18.3 Å². The van der Waals surface area contributed by atoms with Gasteiger partial charge < -0.3 is 20.1 Å². The number of hydrogen-bond donors (Lipinski definition) is 3. The molecule has 8 nitrogen and oxygen atoms in total. The summed E-state index contributed by atoms with van der Waals surface area (Å²) in [5.74, 6) is 0. The largest absolute Gasteiger partial charge is 0.475 e. The highest BCUT2D eigenvalue weighted by atomic mass is 31.2. The van der Waals surface area contributed by atoms with Gasteiger partial charge in [-0.2, -0.15) is 0 Å². The summed E-state index contributed by atoms with van der Waals surface area (Å²) in [6, 6.07) is 18.1. The van der Waals surface area contributed by atoms with Crippen molar-refractivity contribution >= 4 is 7.82 Å². The molecule has 1 heterocycles. The molecule has 0 aliphatic carbocycles. The number of ether oxygens (including phenoxy) is 1. The normalized spacial score (nSPS) is 19.5. The van der Waals surface area contributed by atoms with Crippen molar-refractivity contribution in [2.24, 2.45) is 0 Å². The molecule has 1 aliphatic rings. The summed E-state index contributed by atoms with van der Waals surface area (Å²) in [5.41, 5.74) is 1.53. The maximum atomic E-state index is 13.1. The molecule has 9 heteroatoms. The topological polar surface area (TPSA) is 118 Å². The van der Waals surface area contributed by atoms with Crippen LogP contribution in [0.15, 0.2) is 60.7 Å². The third-order valence-electron chi connectivity index (χ3n) is 4.35. The molecule has 0 saturated carbocycles. The fourth-order valence-corrected chi connectivity index (χ4v) is 3.71. The number of benzene rings is 2. The van der Waals surface area contributed by atoms with E-state index in [2.05, 4.69) is 0 Å². The van der Waals surface area contributed by atoms with Crippen molar-refractivity contribution < 1.29 is 38.2 Å². The van der Waals surface area contributed by atoms with Gasteiger partial charge in [0, 0.05) is 0 Å². The first-order valence-electron chi connectivity index (χ1n) is 9.24. The van der Waals surface area contributed by atoms with E-state index in [0.717, 1.165) is 11.1 Å². The van der Waals surface area contributed by atoms with E-state index in [-0.39, 0.29) is 13.2 Å². The van der Waals surface area contributed by atoms with E-state index in [0.29, 0.717) is 6.61 Å². The Morgan fingerprint density at radius 2 is 1.38 bits per heavy atom. The van der Waals surface area contributed by atoms with Crippen LogP contribution in [-0.4, -0.2) is 52.9 Å². The number of phosphoric acid groups is 1. The van der Waals surface area contributed by atoms with Gasteiger partial charge in [-0.1, -0.05) is 60.7 Å². The van der Waals surface area contributed by atoms with E-state index in [1.807, 2.05) is 36.4 Å². The lowest BCUT2D eigenvalue weighted by Crippen LogP contribution is -2.42. The second-order valence-electron chi connectivity index (χ2n) is 6.68. The van der Waals surface area contributed by atoms with E-state index >= 15 is 0 Å². The Labute approximate surface area is 169 Å². The average Bonchev–Trinajstić information content (AvgIpc) is 3.61. The van der Waals surface area contributed by atoms with Crippen molar-refractivity contribution in [3.63, 3.8) is 0 Å². The number of aliphatic hydroxyl groups excluding tert-OH is 3. The van der Waals surface area contributed by atoms with Crippen LogP contribution in [0.2, 0.25) is 0 Å². The van der Waals surface area contributed by atoms with Crippen molar-refractivity contribution in [1.29, 1.82) is 0 Å². The summed E-state index contributed by atoms with van der Waals surface area (Å²) in [4.78, 5) is 0. The average molecular weight is 424 g/mol. The molecule has 0 spiro atoms. The van der Waals surface area contributed by atoms with Crippen LogP contribution < -0.4 is 0 Å². The first kappa shape index (κ1) is 22.1. The Balaban J connectivity index is 1.60. The molecule has 2 aromatic rings. The zero-order valence-corrected chi connectivity index (χ0v) is 16.6. The quantitative estimate of drug-likeness (QED) is 0.350. The van der Waals surface area contributed by atoms with Gasteiger partial charge in [-0.3, -0.25) is 13.6 Å². The fraction of sp³-hybridized carbons (Fsp3) is 0.400. The first-order chi connectivity index (χ1) is 14.0. The molecule has 0 bridgehead atoms. The summed E-state index contributed by atoms with van der Waals surface area (Å²) in [7, 11) is -4.07. The SMILES string of the molecule is O=P(OCc1ccccc1)(OCc1ccccc1)OC[C@@H](O)[C@@H](O)[C@H](O)C1CO1. The summed E-state index contributed by atoms with van der Waals surface area (Å²) in [6.07, 6.45) is -4.79. The molecule has 2 aromatic carbocycles. The second-order valence-corrected chi connectivity index (χ2v) is 8.35. The van der Waals surface area contributed by atoms with Crippen molar-refractivity contribution in [3.8, 4) is 0 Å². The molecule has 29 heavy (non-hydrogen) atoms. The van der Waals surface area contributed by atoms with E-state index in [9.17, 15) is 19.9 Å². The van der Waals surface area contributed by atoms with Gasteiger partial charge in [-0.25, -0.2) is 4.57 Å². The van der Waals surface area contributed by atoms with Crippen LogP contribution in [0, 0.1) is 0 Å². The standard InChI is InChI=1S/C20H25O8P/c21-17(19(22)20(23)18-14-25-18)13-28-29(24,26-11-15-7-3-1-4-8-15)27-12-16-9-5-2-6-10-16/h1-10,17-23H,11-14H2/t17-,18?,19-,20-/m1/s1. The first-order valence-corrected chi connectivity index (χ1v) is 10.7. The van der Waals surface area contributed by atoms with Crippen LogP contribution in [0.1, 0.15) is 11.1 Å². The highest BCUT2D eigenvalue weighted by molar-refractivity contribution is 7.48. The second kappa shape index (κ2) is 10.4. The summed E-state index contributed by atoms with van der Waals surface area (Å²) >= 11 is 0. The van der Waals surface area contributed by atoms with Crippen molar-refractivity contribution in [2.75, 3.05) is 13.2 Å². The minimum absolute atomic E-state index is 0.0237. The minimum Gasteiger partial charge on any atom is -0.388 e. The van der Waals surface area contributed by atoms with Crippen LogP contribution in [0.5, 0.6) is 0 Å². The third kappa shape index (κ3) is 6.99. The van der Waals surface area contributed by atoms with Crippen LogP contribution in [0.25, 0.3) is 0 Å². The molecule has 1 saturated heterocycles. The predicted octanol–water partition coefficient (Wildman–Crippen LogP) is 2.03. The van der Waals surface area contributed by atoms with Crippen LogP contribution in [0.3, 0.4) is 0 Å². The van der Waals surface area contributed by atoms with Gasteiger partial charge in [-0.05, 0) is 11.1 Å². The Bertz CT molecular complexity index is 736. The highest BCUT2D eigenvalue weighted by Gasteiger charge is 2.40. The van der Waals surface area contributed by atoms with Crippen LogP contribution >= 0.6 is 7.82 Å². The van der Waals surface area contributed by atoms with Crippen LogP contribution in [-0.2, 0) is 36.1 Å². The Morgan fingerprint density at radius 1 is 0.897 bits per heavy atom. The van der Waals surface area contributed by atoms with Gasteiger partial charge in [0.1, 0.15) is 24.4 Å². The molecule has 0 amide bonds. The number of rotatable bonds is 12. The molecule has 158 valence electrons. The van der Waals surface area contributed by atoms with E-state index in [1.165, 1.54) is 0 Å². The number of aliphatic hydroxyl groups is 3. The molecule has 4 atom stereocenters. The van der Waals surface area contributed by atoms with Gasteiger partial charge >= 0.3 is 7.82 Å². The van der Waals surface area contributed by atoms with Crippen molar-refractivity contribution in [1.82, 2.24) is 0 Å². The maximum absolute atomic E-state index is 13.1. The molecular formula is C20H25O8P.